The fourth-order valence-corrected chi connectivity index (χ4v) is 2.02. The van der Waals surface area contributed by atoms with E-state index in [0.29, 0.717) is 30.9 Å². The number of carbonyl (C=O) groups is 1. The highest BCUT2D eigenvalue weighted by Crippen LogP contribution is 2.24. The standard InChI is InChI=1S/C13H15NO5/c1-9-8-11(14(16)17)2-3-12(9)18-6-4-10-5-7-19-13(10)15/h2-3,8,10H,4-7H2,1H3/t10-/m0/s1. The molecule has 1 atom stereocenters. The first kappa shape index (κ1) is 13.3. The lowest BCUT2D eigenvalue weighted by Gasteiger charge is -2.10. The molecule has 0 saturated carbocycles. The van der Waals surface area contributed by atoms with Crippen molar-refractivity contribution in [3.05, 3.63) is 33.9 Å². The zero-order valence-corrected chi connectivity index (χ0v) is 10.6. The lowest BCUT2D eigenvalue weighted by Crippen LogP contribution is -2.12. The Labute approximate surface area is 110 Å². The number of benzene rings is 1. The highest BCUT2D eigenvalue weighted by atomic mass is 16.6. The molecule has 1 aliphatic heterocycles. The topological polar surface area (TPSA) is 78.7 Å². The number of cyclic esters (lactones) is 1. The van der Waals surface area contributed by atoms with Gasteiger partial charge in [-0.25, -0.2) is 0 Å². The maximum absolute atomic E-state index is 11.3. The smallest absolute Gasteiger partial charge is 0.309 e. The monoisotopic (exact) mass is 265 g/mol. The van der Waals surface area contributed by atoms with E-state index < -0.39 is 4.92 Å². The molecule has 1 fully saturated rings. The summed E-state index contributed by atoms with van der Waals surface area (Å²) in [5.41, 5.74) is 0.757. The molecule has 0 bridgehead atoms. The zero-order chi connectivity index (χ0) is 13.8. The molecule has 0 amide bonds. The van der Waals surface area contributed by atoms with Crippen molar-refractivity contribution in [2.75, 3.05) is 13.2 Å². The molecule has 0 N–H and O–H groups in total. The summed E-state index contributed by atoms with van der Waals surface area (Å²) < 4.78 is 10.4. The Kier molecular flexibility index (Phi) is 3.99. The van der Waals surface area contributed by atoms with Crippen molar-refractivity contribution in [1.82, 2.24) is 0 Å². The zero-order valence-electron chi connectivity index (χ0n) is 10.6. The summed E-state index contributed by atoms with van der Waals surface area (Å²) in [6.45, 7) is 2.64. The van der Waals surface area contributed by atoms with Gasteiger partial charge in [0.1, 0.15) is 5.75 Å². The summed E-state index contributed by atoms with van der Waals surface area (Å²) in [7, 11) is 0. The van der Waals surface area contributed by atoms with E-state index in [-0.39, 0.29) is 17.6 Å². The van der Waals surface area contributed by atoms with E-state index in [0.717, 1.165) is 6.42 Å². The molecule has 1 heterocycles. The Bertz CT molecular complexity index is 500. The Morgan fingerprint density at radius 2 is 2.32 bits per heavy atom. The van der Waals surface area contributed by atoms with Crippen LogP contribution in [0.25, 0.3) is 0 Å². The van der Waals surface area contributed by atoms with Crippen molar-refractivity contribution < 1.29 is 19.2 Å². The lowest BCUT2D eigenvalue weighted by atomic mass is 10.1. The molecule has 0 aromatic heterocycles. The van der Waals surface area contributed by atoms with Crippen molar-refractivity contribution in [2.45, 2.75) is 19.8 Å². The van der Waals surface area contributed by atoms with Crippen LogP contribution in [-0.2, 0) is 9.53 Å². The van der Waals surface area contributed by atoms with E-state index in [1.165, 1.54) is 12.1 Å². The highest BCUT2D eigenvalue weighted by molar-refractivity contribution is 5.74. The van der Waals surface area contributed by atoms with Crippen LogP contribution in [0.5, 0.6) is 5.75 Å². The number of ether oxygens (including phenoxy) is 2. The van der Waals surface area contributed by atoms with Gasteiger partial charge < -0.3 is 9.47 Å². The number of rotatable bonds is 5. The van der Waals surface area contributed by atoms with Crippen LogP contribution >= 0.6 is 0 Å². The quantitative estimate of drug-likeness (QED) is 0.463. The van der Waals surface area contributed by atoms with Gasteiger partial charge in [0.05, 0.1) is 24.1 Å². The average Bonchev–Trinajstić information content (AvgIpc) is 2.77. The van der Waals surface area contributed by atoms with Crippen LogP contribution in [-0.4, -0.2) is 24.1 Å². The van der Waals surface area contributed by atoms with Gasteiger partial charge in [0.2, 0.25) is 0 Å². The van der Waals surface area contributed by atoms with Gasteiger partial charge in [0, 0.05) is 12.1 Å². The summed E-state index contributed by atoms with van der Waals surface area (Å²) in [6, 6.07) is 4.46. The maximum atomic E-state index is 11.3. The first-order valence-corrected chi connectivity index (χ1v) is 6.12. The molecular weight excluding hydrogens is 250 g/mol. The number of esters is 1. The molecule has 19 heavy (non-hydrogen) atoms. The number of nitro groups is 1. The van der Waals surface area contributed by atoms with Gasteiger partial charge in [0.25, 0.3) is 5.69 Å². The molecule has 1 aromatic carbocycles. The van der Waals surface area contributed by atoms with E-state index in [2.05, 4.69) is 0 Å². The summed E-state index contributed by atoms with van der Waals surface area (Å²) in [6.07, 6.45) is 1.34. The Balaban J connectivity index is 1.89. The molecule has 0 radical (unpaired) electrons. The average molecular weight is 265 g/mol. The van der Waals surface area contributed by atoms with Gasteiger partial charge >= 0.3 is 5.97 Å². The predicted molar refractivity (Wildman–Crippen MR) is 67.0 cm³/mol. The molecule has 6 heteroatoms. The minimum Gasteiger partial charge on any atom is -0.493 e. The molecule has 1 saturated heterocycles. The number of carbonyl (C=O) groups excluding carboxylic acids is 1. The second-order valence-corrected chi connectivity index (χ2v) is 4.50. The van der Waals surface area contributed by atoms with Gasteiger partial charge in [-0.05, 0) is 31.4 Å². The third-order valence-electron chi connectivity index (χ3n) is 3.14. The summed E-state index contributed by atoms with van der Waals surface area (Å²) in [5, 5.41) is 10.6. The summed E-state index contributed by atoms with van der Waals surface area (Å²) in [4.78, 5) is 21.4. The van der Waals surface area contributed by atoms with Gasteiger partial charge in [-0.3, -0.25) is 14.9 Å². The molecule has 102 valence electrons. The predicted octanol–water partition coefficient (Wildman–Crippen LogP) is 2.24. The number of non-ortho nitro benzene ring substituents is 1. The van der Waals surface area contributed by atoms with E-state index in [9.17, 15) is 14.9 Å². The van der Waals surface area contributed by atoms with Crippen LogP contribution in [0.1, 0.15) is 18.4 Å². The van der Waals surface area contributed by atoms with E-state index >= 15 is 0 Å². The van der Waals surface area contributed by atoms with Gasteiger partial charge in [-0.15, -0.1) is 0 Å². The maximum Gasteiger partial charge on any atom is 0.309 e. The molecule has 0 aliphatic carbocycles. The van der Waals surface area contributed by atoms with Crippen molar-refractivity contribution in [1.29, 1.82) is 0 Å². The largest absolute Gasteiger partial charge is 0.493 e. The first-order valence-electron chi connectivity index (χ1n) is 6.12. The van der Waals surface area contributed by atoms with Crippen LogP contribution in [0.2, 0.25) is 0 Å². The normalized spacial score (nSPS) is 18.2. The minimum absolute atomic E-state index is 0.0456. The summed E-state index contributed by atoms with van der Waals surface area (Å²) >= 11 is 0. The van der Waals surface area contributed by atoms with E-state index in [1.807, 2.05) is 0 Å². The number of aryl methyl sites for hydroxylation is 1. The Morgan fingerprint density at radius 3 is 2.89 bits per heavy atom. The lowest BCUT2D eigenvalue weighted by molar-refractivity contribution is -0.384. The van der Waals surface area contributed by atoms with Crippen LogP contribution in [0.15, 0.2) is 18.2 Å². The molecule has 2 rings (SSSR count). The molecule has 1 aromatic rings. The van der Waals surface area contributed by atoms with Crippen molar-refractivity contribution in [3.63, 3.8) is 0 Å². The van der Waals surface area contributed by atoms with Crippen molar-refractivity contribution >= 4 is 11.7 Å². The van der Waals surface area contributed by atoms with Gasteiger partial charge in [-0.2, -0.15) is 0 Å². The third-order valence-corrected chi connectivity index (χ3v) is 3.14. The highest BCUT2D eigenvalue weighted by Gasteiger charge is 2.26. The number of nitro benzene ring substituents is 1. The second kappa shape index (κ2) is 5.69. The number of hydrogen-bond donors (Lipinski definition) is 0. The number of nitrogens with zero attached hydrogens (tertiary/aromatic N) is 1. The Morgan fingerprint density at radius 1 is 1.53 bits per heavy atom. The SMILES string of the molecule is Cc1cc([N+](=O)[O-])ccc1OCC[C@H]1CCOC1=O. The van der Waals surface area contributed by atoms with Crippen LogP contribution in [0, 0.1) is 23.0 Å². The first-order chi connectivity index (χ1) is 9.08. The van der Waals surface area contributed by atoms with Gasteiger partial charge in [0.15, 0.2) is 0 Å². The fraction of sp³-hybridized carbons (Fsp3) is 0.462. The van der Waals surface area contributed by atoms with E-state index in [1.54, 1.807) is 13.0 Å². The molecule has 0 unspecified atom stereocenters. The summed E-state index contributed by atoms with van der Waals surface area (Å²) in [5.74, 6) is 0.361. The molecule has 6 nitrogen and oxygen atoms in total. The minimum atomic E-state index is -0.439. The van der Waals surface area contributed by atoms with Crippen LogP contribution in [0.4, 0.5) is 5.69 Å². The third kappa shape index (κ3) is 3.21. The van der Waals surface area contributed by atoms with Crippen molar-refractivity contribution in [3.8, 4) is 5.75 Å². The molecular formula is C13H15NO5. The molecule has 1 aliphatic rings. The second-order valence-electron chi connectivity index (χ2n) is 4.50. The van der Waals surface area contributed by atoms with Crippen LogP contribution < -0.4 is 4.74 Å². The number of hydrogen-bond acceptors (Lipinski definition) is 5. The fourth-order valence-electron chi connectivity index (χ4n) is 2.02. The van der Waals surface area contributed by atoms with E-state index in [4.69, 9.17) is 9.47 Å². The van der Waals surface area contributed by atoms with Crippen molar-refractivity contribution in [2.24, 2.45) is 5.92 Å². The Hall–Kier alpha value is -2.11. The molecule has 0 spiro atoms. The van der Waals surface area contributed by atoms with Crippen LogP contribution in [0.3, 0.4) is 0 Å². The van der Waals surface area contributed by atoms with Gasteiger partial charge in [-0.1, -0.05) is 0 Å².